The molecule has 0 aliphatic carbocycles. The molecule has 0 fully saturated rings. The van der Waals surface area contributed by atoms with Crippen molar-refractivity contribution in [3.05, 3.63) is 69.0 Å². The second-order valence-corrected chi connectivity index (χ2v) is 7.23. The maximum atomic E-state index is 13.3. The number of thioether (sulfide) groups is 1. The van der Waals surface area contributed by atoms with Crippen LogP contribution in [0.15, 0.2) is 46.3 Å². The number of benzene rings is 2. The molecular formula is C19H15ClF2N2O2S. The molecule has 1 heterocycles. The van der Waals surface area contributed by atoms with Crippen molar-refractivity contribution in [3.8, 4) is 0 Å². The topological polar surface area (TPSA) is 52.0 Å². The number of hydrogen-bond donors (Lipinski definition) is 0. The number of aromatic nitrogens is 2. The molecule has 2 aromatic carbocycles. The summed E-state index contributed by atoms with van der Waals surface area (Å²) in [6.07, 6.45) is 0.714. The molecule has 1 aromatic heterocycles. The van der Waals surface area contributed by atoms with Crippen LogP contribution in [-0.2, 0) is 6.54 Å². The number of rotatable bonds is 6. The first kappa shape index (κ1) is 19.5. The van der Waals surface area contributed by atoms with Gasteiger partial charge in [0, 0.05) is 17.1 Å². The van der Waals surface area contributed by atoms with Crippen molar-refractivity contribution >= 4 is 40.0 Å². The first-order chi connectivity index (χ1) is 12.9. The third-order valence-electron chi connectivity index (χ3n) is 3.90. The minimum Gasteiger partial charge on any atom is -0.293 e. The molecule has 0 saturated heterocycles. The average Bonchev–Trinajstić information content (AvgIpc) is 2.64. The normalized spacial score (nSPS) is 11.1. The molecule has 8 heteroatoms. The predicted octanol–water partition coefficient (Wildman–Crippen LogP) is 4.71. The molecule has 0 saturated carbocycles. The first-order valence-electron chi connectivity index (χ1n) is 8.22. The van der Waals surface area contributed by atoms with E-state index in [1.165, 1.54) is 10.6 Å². The number of Topliss-reactive ketones (excluding diaryl/α,β-unsaturated/α-hetero) is 1. The monoisotopic (exact) mass is 408 g/mol. The molecule has 27 heavy (non-hydrogen) atoms. The van der Waals surface area contributed by atoms with Crippen LogP contribution < -0.4 is 5.56 Å². The Morgan fingerprint density at radius 1 is 1.19 bits per heavy atom. The van der Waals surface area contributed by atoms with Crippen LogP contribution in [-0.4, -0.2) is 21.1 Å². The Bertz CT molecular complexity index is 1090. The van der Waals surface area contributed by atoms with E-state index in [0.29, 0.717) is 34.0 Å². The molecule has 0 atom stereocenters. The minimum atomic E-state index is -1.08. The van der Waals surface area contributed by atoms with Gasteiger partial charge in [0.2, 0.25) is 0 Å². The molecule has 140 valence electrons. The number of hydrogen-bond acceptors (Lipinski definition) is 4. The third-order valence-corrected chi connectivity index (χ3v) is 5.11. The highest BCUT2D eigenvalue weighted by Crippen LogP contribution is 2.22. The predicted molar refractivity (Wildman–Crippen MR) is 103 cm³/mol. The number of carbonyl (C=O) groups excluding carboxylic acids is 1. The summed E-state index contributed by atoms with van der Waals surface area (Å²) in [7, 11) is 0. The summed E-state index contributed by atoms with van der Waals surface area (Å²) in [6.45, 7) is 2.38. The van der Waals surface area contributed by atoms with Crippen molar-refractivity contribution in [2.24, 2.45) is 0 Å². The maximum absolute atomic E-state index is 13.3. The van der Waals surface area contributed by atoms with Crippen LogP contribution in [0, 0.1) is 11.6 Å². The van der Waals surface area contributed by atoms with Crippen molar-refractivity contribution in [3.63, 3.8) is 0 Å². The fraction of sp³-hybridized carbons (Fsp3) is 0.211. The van der Waals surface area contributed by atoms with Gasteiger partial charge in [-0.15, -0.1) is 0 Å². The van der Waals surface area contributed by atoms with Crippen LogP contribution in [0.4, 0.5) is 8.78 Å². The van der Waals surface area contributed by atoms with Gasteiger partial charge in [-0.1, -0.05) is 30.3 Å². The third kappa shape index (κ3) is 4.20. The Morgan fingerprint density at radius 3 is 2.67 bits per heavy atom. The lowest BCUT2D eigenvalue weighted by Gasteiger charge is -2.12. The number of carbonyl (C=O) groups is 1. The van der Waals surface area contributed by atoms with E-state index in [1.54, 1.807) is 18.2 Å². The highest BCUT2D eigenvalue weighted by Gasteiger charge is 2.15. The molecule has 0 radical (unpaired) electrons. The largest absolute Gasteiger partial charge is 0.293 e. The Labute approximate surface area is 163 Å². The van der Waals surface area contributed by atoms with Crippen LogP contribution in [0.5, 0.6) is 0 Å². The quantitative estimate of drug-likeness (QED) is 0.336. The molecule has 0 amide bonds. The minimum absolute atomic E-state index is 0.0622. The lowest BCUT2D eigenvalue weighted by Crippen LogP contribution is -2.23. The Morgan fingerprint density at radius 2 is 1.96 bits per heavy atom. The summed E-state index contributed by atoms with van der Waals surface area (Å²) in [4.78, 5) is 29.5. The number of ketones is 1. The lowest BCUT2D eigenvalue weighted by molar-refractivity contribution is 0.102. The second-order valence-electron chi connectivity index (χ2n) is 5.85. The van der Waals surface area contributed by atoms with Gasteiger partial charge in [0.25, 0.3) is 5.56 Å². The SMILES string of the molecule is CCCn1c(SCC(=O)c2ccc(F)c(F)c2)nc2cc(Cl)ccc2c1=O. The lowest BCUT2D eigenvalue weighted by atomic mass is 10.1. The van der Waals surface area contributed by atoms with Crippen molar-refractivity contribution in [2.45, 2.75) is 25.0 Å². The number of halogens is 3. The average molecular weight is 409 g/mol. The van der Waals surface area contributed by atoms with Crippen molar-refractivity contribution in [1.29, 1.82) is 0 Å². The van der Waals surface area contributed by atoms with E-state index in [1.807, 2.05) is 6.92 Å². The van der Waals surface area contributed by atoms with E-state index in [4.69, 9.17) is 11.6 Å². The fourth-order valence-corrected chi connectivity index (χ4v) is 3.67. The summed E-state index contributed by atoms with van der Waals surface area (Å²) in [6, 6.07) is 7.86. The zero-order valence-electron chi connectivity index (χ0n) is 14.3. The molecule has 0 N–H and O–H groups in total. The van der Waals surface area contributed by atoms with Gasteiger partial charge in [0.05, 0.1) is 16.7 Å². The first-order valence-corrected chi connectivity index (χ1v) is 9.58. The van der Waals surface area contributed by atoms with Gasteiger partial charge >= 0.3 is 0 Å². The van der Waals surface area contributed by atoms with E-state index < -0.39 is 11.6 Å². The van der Waals surface area contributed by atoms with E-state index >= 15 is 0 Å². The molecule has 0 spiro atoms. The van der Waals surface area contributed by atoms with Gasteiger partial charge in [-0.2, -0.15) is 0 Å². The molecule has 3 aromatic rings. The standard InChI is InChI=1S/C19H15ClF2N2O2S/c1-2-7-24-18(26)13-5-4-12(20)9-16(13)23-19(24)27-10-17(25)11-3-6-14(21)15(22)8-11/h3-6,8-9H,2,7,10H2,1H3. The molecular weight excluding hydrogens is 394 g/mol. The molecule has 0 aliphatic heterocycles. The Balaban J connectivity index is 1.93. The van der Waals surface area contributed by atoms with Crippen molar-refractivity contribution < 1.29 is 13.6 Å². The van der Waals surface area contributed by atoms with Gasteiger partial charge < -0.3 is 0 Å². The van der Waals surface area contributed by atoms with Crippen molar-refractivity contribution in [2.75, 3.05) is 5.75 Å². The molecule has 0 aliphatic rings. The van der Waals surface area contributed by atoms with Crippen LogP contribution in [0.25, 0.3) is 10.9 Å². The summed E-state index contributed by atoms with van der Waals surface area (Å²) >= 11 is 7.06. The van der Waals surface area contributed by atoms with Crippen LogP contribution in [0.3, 0.4) is 0 Å². The van der Waals surface area contributed by atoms with Crippen LogP contribution >= 0.6 is 23.4 Å². The summed E-state index contributed by atoms with van der Waals surface area (Å²) < 4.78 is 27.9. The van der Waals surface area contributed by atoms with Crippen molar-refractivity contribution in [1.82, 2.24) is 9.55 Å². The van der Waals surface area contributed by atoms with Gasteiger partial charge in [-0.3, -0.25) is 14.2 Å². The summed E-state index contributed by atoms with van der Waals surface area (Å²) in [5.41, 5.74) is 0.304. The van der Waals surface area contributed by atoms with Crippen LogP contribution in [0.2, 0.25) is 5.02 Å². The summed E-state index contributed by atoms with van der Waals surface area (Å²) in [5.74, 6) is -2.54. The van der Waals surface area contributed by atoms with Gasteiger partial charge in [0.15, 0.2) is 22.6 Å². The number of nitrogens with zero attached hydrogens (tertiary/aromatic N) is 2. The maximum Gasteiger partial charge on any atom is 0.262 e. The second kappa shape index (κ2) is 8.19. The fourth-order valence-electron chi connectivity index (χ4n) is 2.59. The van der Waals surface area contributed by atoms with E-state index in [9.17, 15) is 18.4 Å². The van der Waals surface area contributed by atoms with Gasteiger partial charge in [0.1, 0.15) is 0 Å². The zero-order chi connectivity index (χ0) is 19.6. The van der Waals surface area contributed by atoms with Gasteiger partial charge in [-0.25, -0.2) is 13.8 Å². The Kier molecular flexibility index (Phi) is 5.92. The summed E-state index contributed by atoms with van der Waals surface area (Å²) in [5, 5.41) is 1.29. The highest BCUT2D eigenvalue weighted by molar-refractivity contribution is 7.99. The van der Waals surface area contributed by atoms with E-state index in [0.717, 1.165) is 23.9 Å². The molecule has 3 rings (SSSR count). The van der Waals surface area contributed by atoms with E-state index in [-0.39, 0.29) is 22.7 Å². The highest BCUT2D eigenvalue weighted by atomic mass is 35.5. The number of fused-ring (bicyclic) bond motifs is 1. The van der Waals surface area contributed by atoms with E-state index in [2.05, 4.69) is 4.98 Å². The Hall–Kier alpha value is -2.25. The van der Waals surface area contributed by atoms with Crippen LogP contribution in [0.1, 0.15) is 23.7 Å². The molecule has 0 bridgehead atoms. The molecule has 0 unspecified atom stereocenters. The molecule has 4 nitrogen and oxygen atoms in total. The van der Waals surface area contributed by atoms with Gasteiger partial charge in [-0.05, 0) is 42.8 Å². The zero-order valence-corrected chi connectivity index (χ0v) is 15.9. The smallest absolute Gasteiger partial charge is 0.262 e.